The first-order valence-electron chi connectivity index (χ1n) is 10.6. The van der Waals surface area contributed by atoms with Gasteiger partial charge < -0.3 is 14.2 Å². The highest BCUT2D eigenvalue weighted by Gasteiger charge is 2.33. The number of methoxy groups -OCH3 is 1. The van der Waals surface area contributed by atoms with Gasteiger partial charge in [0.05, 0.1) is 19.8 Å². The number of aryl methyl sites for hydroxylation is 1. The van der Waals surface area contributed by atoms with Crippen LogP contribution in [0.3, 0.4) is 0 Å². The Kier molecular flexibility index (Phi) is 9.26. The number of likely N-dealkylation sites (tertiary alicyclic amines) is 1. The van der Waals surface area contributed by atoms with Crippen molar-refractivity contribution in [2.75, 3.05) is 26.8 Å². The number of nitrogens with zero attached hydrogens (tertiary/aromatic N) is 1. The van der Waals surface area contributed by atoms with Crippen molar-refractivity contribution < 1.29 is 19.0 Å². The van der Waals surface area contributed by atoms with Gasteiger partial charge in [-0.3, -0.25) is 9.69 Å². The Morgan fingerprint density at radius 1 is 1.32 bits per heavy atom. The second kappa shape index (κ2) is 11.4. The van der Waals surface area contributed by atoms with E-state index in [1.807, 2.05) is 6.07 Å². The fourth-order valence-electron chi connectivity index (χ4n) is 4.24. The number of rotatable bonds is 11. The van der Waals surface area contributed by atoms with E-state index in [-0.39, 0.29) is 18.2 Å². The van der Waals surface area contributed by atoms with E-state index in [0.717, 1.165) is 56.5 Å². The Morgan fingerprint density at radius 3 is 2.71 bits per heavy atom. The number of benzene rings is 1. The van der Waals surface area contributed by atoms with E-state index in [9.17, 15) is 4.79 Å². The molecule has 158 valence electrons. The summed E-state index contributed by atoms with van der Waals surface area (Å²) in [6.07, 6.45) is 5.25. The van der Waals surface area contributed by atoms with Crippen molar-refractivity contribution in [2.45, 2.75) is 78.0 Å². The smallest absolute Gasteiger partial charge is 0.302 e. The van der Waals surface area contributed by atoms with E-state index >= 15 is 0 Å². The average molecular weight is 392 g/mol. The molecule has 1 heterocycles. The molecule has 1 aromatic rings. The molecule has 1 fully saturated rings. The molecule has 0 radical (unpaired) electrons. The molecule has 5 heteroatoms. The van der Waals surface area contributed by atoms with Gasteiger partial charge in [0, 0.05) is 26.1 Å². The SMILES string of the molecule is CCCC(OCCc1ccc(OC)c(C)c1)[C@@H](CC)N1CC[C@@H](OC(C)=O)C1. The summed E-state index contributed by atoms with van der Waals surface area (Å²) < 4.78 is 17.1. The number of carbonyl (C=O) groups excluding carboxylic acids is 1. The Morgan fingerprint density at radius 2 is 2.11 bits per heavy atom. The molecule has 0 bridgehead atoms. The van der Waals surface area contributed by atoms with E-state index in [1.165, 1.54) is 12.5 Å². The summed E-state index contributed by atoms with van der Waals surface area (Å²) in [5, 5.41) is 0. The molecule has 0 amide bonds. The highest BCUT2D eigenvalue weighted by molar-refractivity contribution is 5.66. The average Bonchev–Trinajstić information content (AvgIpc) is 3.10. The zero-order valence-corrected chi connectivity index (χ0v) is 18.2. The maximum atomic E-state index is 11.2. The van der Waals surface area contributed by atoms with Crippen LogP contribution in [0, 0.1) is 6.92 Å². The quantitative estimate of drug-likeness (QED) is 0.531. The molecule has 0 N–H and O–H groups in total. The largest absolute Gasteiger partial charge is 0.496 e. The molecule has 5 nitrogen and oxygen atoms in total. The van der Waals surface area contributed by atoms with Gasteiger partial charge >= 0.3 is 5.97 Å². The molecule has 0 saturated carbocycles. The molecule has 1 aliphatic rings. The summed E-state index contributed by atoms with van der Waals surface area (Å²) in [4.78, 5) is 13.7. The monoisotopic (exact) mass is 391 g/mol. The lowest BCUT2D eigenvalue weighted by Crippen LogP contribution is -2.44. The topological polar surface area (TPSA) is 48.0 Å². The van der Waals surface area contributed by atoms with Gasteiger partial charge in [0.15, 0.2) is 0 Å². The lowest BCUT2D eigenvalue weighted by atomic mass is 10.0. The molecule has 1 aliphatic heterocycles. The molecule has 3 atom stereocenters. The van der Waals surface area contributed by atoms with Crippen molar-refractivity contribution >= 4 is 5.97 Å². The molecular weight excluding hydrogens is 354 g/mol. The van der Waals surface area contributed by atoms with Crippen molar-refractivity contribution in [2.24, 2.45) is 0 Å². The summed E-state index contributed by atoms with van der Waals surface area (Å²) >= 11 is 0. The molecule has 0 aromatic heterocycles. The van der Waals surface area contributed by atoms with Crippen molar-refractivity contribution in [3.63, 3.8) is 0 Å². The standard InChI is InChI=1S/C23H37NO4/c1-6-8-23(21(7-2)24-13-11-20(16-24)28-18(4)25)27-14-12-19-9-10-22(26-5)17(3)15-19/h9-10,15,20-21,23H,6-8,11-14,16H2,1-5H3/t20-,21-,23?/m1/s1. The number of hydrogen-bond acceptors (Lipinski definition) is 5. The first kappa shape index (κ1) is 22.7. The lowest BCUT2D eigenvalue weighted by Gasteiger charge is -2.34. The molecule has 1 unspecified atom stereocenters. The van der Waals surface area contributed by atoms with E-state index < -0.39 is 0 Å². The van der Waals surface area contributed by atoms with Crippen LogP contribution < -0.4 is 4.74 Å². The van der Waals surface area contributed by atoms with Crippen molar-refractivity contribution in [3.8, 4) is 5.75 Å². The first-order chi connectivity index (χ1) is 13.5. The van der Waals surface area contributed by atoms with E-state index in [2.05, 4.69) is 37.8 Å². The minimum absolute atomic E-state index is 0.0242. The minimum atomic E-state index is -0.184. The van der Waals surface area contributed by atoms with Gasteiger partial charge in [-0.05, 0) is 49.8 Å². The van der Waals surface area contributed by atoms with Crippen LogP contribution in [-0.2, 0) is 20.7 Å². The van der Waals surface area contributed by atoms with E-state index in [4.69, 9.17) is 14.2 Å². The third-order valence-corrected chi connectivity index (χ3v) is 5.58. The van der Waals surface area contributed by atoms with Crippen LogP contribution in [0.2, 0.25) is 0 Å². The molecule has 2 rings (SSSR count). The van der Waals surface area contributed by atoms with Crippen LogP contribution in [0.25, 0.3) is 0 Å². The summed E-state index contributed by atoms with van der Waals surface area (Å²) in [5.74, 6) is 0.743. The van der Waals surface area contributed by atoms with Gasteiger partial charge in [-0.25, -0.2) is 0 Å². The fourth-order valence-corrected chi connectivity index (χ4v) is 4.24. The summed E-state index contributed by atoms with van der Waals surface area (Å²) in [7, 11) is 1.70. The molecule has 0 aliphatic carbocycles. The van der Waals surface area contributed by atoms with Gasteiger partial charge in [-0.2, -0.15) is 0 Å². The van der Waals surface area contributed by atoms with Gasteiger partial charge in [0.2, 0.25) is 0 Å². The maximum Gasteiger partial charge on any atom is 0.302 e. The molecular formula is C23H37NO4. The van der Waals surface area contributed by atoms with Gasteiger partial charge in [-0.15, -0.1) is 0 Å². The zero-order valence-electron chi connectivity index (χ0n) is 18.2. The lowest BCUT2D eigenvalue weighted by molar-refractivity contribution is -0.145. The third kappa shape index (κ3) is 6.49. The predicted molar refractivity (Wildman–Crippen MR) is 112 cm³/mol. The Bertz CT molecular complexity index is 619. The summed E-state index contributed by atoms with van der Waals surface area (Å²) in [5.41, 5.74) is 2.43. The zero-order chi connectivity index (χ0) is 20.5. The molecule has 0 spiro atoms. The third-order valence-electron chi connectivity index (χ3n) is 5.58. The fraction of sp³-hybridized carbons (Fsp3) is 0.696. The maximum absolute atomic E-state index is 11.2. The normalized spacial score (nSPS) is 19.4. The highest BCUT2D eigenvalue weighted by atomic mass is 16.5. The molecule has 1 saturated heterocycles. The minimum Gasteiger partial charge on any atom is -0.496 e. The number of hydrogen-bond donors (Lipinski definition) is 0. The van der Waals surface area contributed by atoms with Crippen LogP contribution in [0.5, 0.6) is 5.75 Å². The predicted octanol–water partition coefficient (Wildman–Crippen LogP) is 4.15. The Labute approximate surface area is 170 Å². The summed E-state index contributed by atoms with van der Waals surface area (Å²) in [6.45, 7) is 10.5. The van der Waals surface area contributed by atoms with Crippen LogP contribution in [0.4, 0.5) is 0 Å². The van der Waals surface area contributed by atoms with Crippen molar-refractivity contribution in [3.05, 3.63) is 29.3 Å². The van der Waals surface area contributed by atoms with Gasteiger partial charge in [0.1, 0.15) is 11.9 Å². The van der Waals surface area contributed by atoms with Gasteiger partial charge in [0.25, 0.3) is 0 Å². The first-order valence-corrected chi connectivity index (χ1v) is 10.6. The van der Waals surface area contributed by atoms with E-state index in [1.54, 1.807) is 7.11 Å². The highest BCUT2D eigenvalue weighted by Crippen LogP contribution is 2.24. The number of esters is 1. The second-order valence-electron chi connectivity index (χ2n) is 7.74. The number of carbonyl (C=O) groups is 1. The summed E-state index contributed by atoms with van der Waals surface area (Å²) in [6, 6.07) is 6.70. The Balaban J connectivity index is 1.91. The van der Waals surface area contributed by atoms with Crippen LogP contribution in [0.15, 0.2) is 18.2 Å². The number of ether oxygens (including phenoxy) is 3. The van der Waals surface area contributed by atoms with Crippen LogP contribution >= 0.6 is 0 Å². The van der Waals surface area contributed by atoms with Crippen LogP contribution in [0.1, 0.15) is 57.6 Å². The molecule has 1 aromatic carbocycles. The van der Waals surface area contributed by atoms with Crippen molar-refractivity contribution in [1.29, 1.82) is 0 Å². The Hall–Kier alpha value is -1.59. The van der Waals surface area contributed by atoms with Crippen LogP contribution in [-0.4, -0.2) is 55.9 Å². The van der Waals surface area contributed by atoms with E-state index in [0.29, 0.717) is 12.6 Å². The van der Waals surface area contributed by atoms with Gasteiger partial charge in [-0.1, -0.05) is 32.4 Å². The molecule has 28 heavy (non-hydrogen) atoms. The van der Waals surface area contributed by atoms with Crippen molar-refractivity contribution in [1.82, 2.24) is 4.90 Å². The second-order valence-corrected chi connectivity index (χ2v) is 7.74.